The molecule has 74 valence electrons. The molecule has 1 rings (SSSR count). The molecule has 14 heavy (non-hydrogen) atoms. The first kappa shape index (κ1) is 10.9. The summed E-state index contributed by atoms with van der Waals surface area (Å²) in [5.41, 5.74) is 5.72. The van der Waals surface area contributed by atoms with Gasteiger partial charge in [0.05, 0.1) is 12.5 Å². The highest BCUT2D eigenvalue weighted by Crippen LogP contribution is 2.24. The zero-order chi connectivity index (χ0) is 10.7. The Morgan fingerprint density at radius 1 is 1.43 bits per heavy atom. The van der Waals surface area contributed by atoms with Gasteiger partial charge >= 0.3 is 0 Å². The predicted octanol–water partition coefficient (Wildman–Crippen LogP) is 2.53. The normalized spacial score (nSPS) is 12.2. The number of halogens is 3. The molecule has 0 aliphatic carbocycles. The van der Waals surface area contributed by atoms with Crippen molar-refractivity contribution in [3.63, 3.8) is 0 Å². The molecule has 0 fully saturated rings. The van der Waals surface area contributed by atoms with Gasteiger partial charge in [-0.2, -0.15) is 5.26 Å². The van der Waals surface area contributed by atoms with Crippen LogP contribution < -0.4 is 5.73 Å². The Kier molecular flexibility index (Phi) is 3.39. The minimum atomic E-state index is -0.866. The molecule has 0 unspecified atom stereocenters. The molecule has 1 atom stereocenters. The molecule has 0 amide bonds. The maximum atomic E-state index is 12.9. The number of nitrogens with zero attached hydrogens (tertiary/aromatic N) is 1. The van der Waals surface area contributed by atoms with Crippen molar-refractivity contribution in [1.29, 1.82) is 5.26 Å². The monoisotopic (exact) mass is 216 g/mol. The first-order valence-electron chi connectivity index (χ1n) is 3.83. The van der Waals surface area contributed by atoms with E-state index in [4.69, 9.17) is 22.6 Å². The highest BCUT2D eigenvalue weighted by molar-refractivity contribution is 6.30. The van der Waals surface area contributed by atoms with Gasteiger partial charge < -0.3 is 5.73 Å². The van der Waals surface area contributed by atoms with E-state index in [1.807, 2.05) is 6.07 Å². The fourth-order valence-corrected chi connectivity index (χ4v) is 1.11. The van der Waals surface area contributed by atoms with E-state index in [-0.39, 0.29) is 12.0 Å². The van der Waals surface area contributed by atoms with Gasteiger partial charge in [-0.1, -0.05) is 11.6 Å². The summed E-state index contributed by atoms with van der Waals surface area (Å²) < 4.78 is 25.9. The van der Waals surface area contributed by atoms with Crippen molar-refractivity contribution < 1.29 is 8.78 Å². The molecule has 1 aromatic rings. The average molecular weight is 217 g/mol. The van der Waals surface area contributed by atoms with Crippen LogP contribution in [0.15, 0.2) is 12.1 Å². The smallest absolute Gasteiger partial charge is 0.145 e. The Morgan fingerprint density at radius 3 is 2.36 bits per heavy atom. The number of hydrogen-bond donors (Lipinski definition) is 1. The van der Waals surface area contributed by atoms with Crippen LogP contribution in [0.5, 0.6) is 0 Å². The Balaban J connectivity index is 3.07. The second kappa shape index (κ2) is 4.36. The Hall–Kier alpha value is -1.18. The molecule has 0 saturated heterocycles. The lowest BCUT2D eigenvalue weighted by atomic mass is 10.1. The van der Waals surface area contributed by atoms with E-state index in [0.717, 1.165) is 12.1 Å². The van der Waals surface area contributed by atoms with Gasteiger partial charge in [0.2, 0.25) is 0 Å². The highest BCUT2D eigenvalue weighted by atomic mass is 35.5. The maximum Gasteiger partial charge on any atom is 0.145 e. The fraction of sp³-hybridized carbons (Fsp3) is 0.222. The molecule has 0 aliphatic rings. The summed E-state index contributed by atoms with van der Waals surface area (Å²) >= 11 is 5.28. The Labute approximate surface area is 84.9 Å². The molecule has 0 radical (unpaired) electrons. The SMILES string of the molecule is N#CC[C@@H](N)c1cc(F)c(Cl)c(F)c1. The molecular weight excluding hydrogens is 210 g/mol. The van der Waals surface area contributed by atoms with Crippen molar-refractivity contribution >= 4 is 11.6 Å². The van der Waals surface area contributed by atoms with E-state index in [1.165, 1.54) is 0 Å². The van der Waals surface area contributed by atoms with E-state index in [0.29, 0.717) is 0 Å². The molecule has 0 spiro atoms. The van der Waals surface area contributed by atoms with Crippen molar-refractivity contribution in [3.8, 4) is 6.07 Å². The molecule has 1 aromatic carbocycles. The highest BCUT2D eigenvalue weighted by Gasteiger charge is 2.12. The topological polar surface area (TPSA) is 49.8 Å². The minimum absolute atomic E-state index is 0.000508. The van der Waals surface area contributed by atoms with Crippen LogP contribution >= 0.6 is 11.6 Å². The standard InChI is InChI=1S/C9H7ClF2N2/c10-9-6(11)3-5(4-7(9)12)8(14)1-2-13/h3-4,8H,1,14H2/t8-/m1/s1. The van der Waals surface area contributed by atoms with E-state index < -0.39 is 22.7 Å². The molecule has 0 heterocycles. The predicted molar refractivity (Wildman–Crippen MR) is 48.5 cm³/mol. The van der Waals surface area contributed by atoms with Gasteiger partial charge in [-0.3, -0.25) is 0 Å². The zero-order valence-corrected chi connectivity index (χ0v) is 7.85. The van der Waals surface area contributed by atoms with E-state index >= 15 is 0 Å². The van der Waals surface area contributed by atoms with Crippen LogP contribution in [0.2, 0.25) is 5.02 Å². The number of hydrogen-bond acceptors (Lipinski definition) is 2. The maximum absolute atomic E-state index is 12.9. The molecule has 2 N–H and O–H groups in total. The van der Waals surface area contributed by atoms with Gasteiger partial charge in [0, 0.05) is 6.04 Å². The fourth-order valence-electron chi connectivity index (χ4n) is 1.01. The molecule has 5 heteroatoms. The van der Waals surface area contributed by atoms with Crippen molar-refractivity contribution in [1.82, 2.24) is 0 Å². The van der Waals surface area contributed by atoms with Crippen LogP contribution in [0.1, 0.15) is 18.0 Å². The van der Waals surface area contributed by atoms with Gasteiger partial charge in [0.15, 0.2) is 0 Å². The third kappa shape index (κ3) is 2.19. The average Bonchev–Trinajstić information content (AvgIpc) is 2.13. The lowest BCUT2D eigenvalue weighted by Crippen LogP contribution is -2.10. The summed E-state index contributed by atoms with van der Waals surface area (Å²) in [4.78, 5) is 0. The van der Waals surface area contributed by atoms with Gasteiger partial charge in [-0.15, -0.1) is 0 Å². The summed E-state index contributed by atoms with van der Waals surface area (Å²) in [5.74, 6) is -1.73. The molecule has 0 saturated carbocycles. The van der Waals surface area contributed by atoms with Crippen LogP contribution in [0.25, 0.3) is 0 Å². The molecule has 2 nitrogen and oxygen atoms in total. The summed E-state index contributed by atoms with van der Waals surface area (Å²) in [6.07, 6.45) is 0.000508. The third-order valence-corrected chi connectivity index (χ3v) is 2.11. The van der Waals surface area contributed by atoms with Gasteiger partial charge in [-0.05, 0) is 17.7 Å². The van der Waals surface area contributed by atoms with Crippen molar-refractivity contribution in [2.24, 2.45) is 5.73 Å². The summed E-state index contributed by atoms with van der Waals surface area (Å²) in [6, 6.07) is 3.19. The van der Waals surface area contributed by atoms with E-state index in [9.17, 15) is 8.78 Å². The summed E-state index contributed by atoms with van der Waals surface area (Å²) in [5, 5.41) is 7.79. The van der Waals surface area contributed by atoms with Crippen LogP contribution in [-0.4, -0.2) is 0 Å². The number of nitrogens with two attached hydrogens (primary N) is 1. The van der Waals surface area contributed by atoms with Crippen molar-refractivity contribution in [2.45, 2.75) is 12.5 Å². The quantitative estimate of drug-likeness (QED) is 0.773. The van der Waals surface area contributed by atoms with Crippen molar-refractivity contribution in [2.75, 3.05) is 0 Å². The van der Waals surface area contributed by atoms with Crippen LogP contribution in [0, 0.1) is 23.0 Å². The van der Waals surface area contributed by atoms with Gasteiger partial charge in [-0.25, -0.2) is 8.78 Å². The third-order valence-electron chi connectivity index (χ3n) is 1.75. The largest absolute Gasteiger partial charge is 0.323 e. The van der Waals surface area contributed by atoms with Gasteiger partial charge in [0.25, 0.3) is 0 Å². The minimum Gasteiger partial charge on any atom is -0.323 e. The second-order valence-electron chi connectivity index (χ2n) is 2.77. The van der Waals surface area contributed by atoms with Gasteiger partial charge in [0.1, 0.15) is 16.7 Å². The number of benzene rings is 1. The Morgan fingerprint density at radius 2 is 1.93 bits per heavy atom. The van der Waals surface area contributed by atoms with Crippen LogP contribution in [-0.2, 0) is 0 Å². The number of nitriles is 1. The summed E-state index contributed by atoms with van der Waals surface area (Å²) in [7, 11) is 0. The Bertz CT molecular complexity index is 364. The zero-order valence-electron chi connectivity index (χ0n) is 7.10. The molecule has 0 aliphatic heterocycles. The first-order chi connectivity index (χ1) is 6.56. The lowest BCUT2D eigenvalue weighted by molar-refractivity contribution is 0.574. The molecule has 0 aromatic heterocycles. The summed E-state index contributed by atoms with van der Waals surface area (Å²) in [6.45, 7) is 0. The first-order valence-corrected chi connectivity index (χ1v) is 4.21. The molecular formula is C9H7ClF2N2. The van der Waals surface area contributed by atoms with E-state index in [2.05, 4.69) is 0 Å². The lowest BCUT2D eigenvalue weighted by Gasteiger charge is -2.08. The van der Waals surface area contributed by atoms with Crippen molar-refractivity contribution in [3.05, 3.63) is 34.4 Å². The number of rotatable bonds is 2. The van der Waals surface area contributed by atoms with Crippen LogP contribution in [0.3, 0.4) is 0 Å². The molecule has 0 bridgehead atoms. The van der Waals surface area contributed by atoms with E-state index in [1.54, 1.807) is 0 Å². The second-order valence-corrected chi connectivity index (χ2v) is 3.15. The van der Waals surface area contributed by atoms with Crippen LogP contribution in [0.4, 0.5) is 8.78 Å².